The van der Waals surface area contributed by atoms with E-state index in [0.29, 0.717) is 29.9 Å². The van der Waals surface area contributed by atoms with Crippen molar-refractivity contribution in [1.29, 1.82) is 0 Å². The van der Waals surface area contributed by atoms with E-state index >= 15 is 0 Å². The third-order valence-electron chi connectivity index (χ3n) is 5.71. The fourth-order valence-corrected chi connectivity index (χ4v) is 4.04. The van der Waals surface area contributed by atoms with Crippen molar-refractivity contribution in [3.63, 3.8) is 0 Å². The summed E-state index contributed by atoms with van der Waals surface area (Å²) in [6.45, 7) is 2.17. The van der Waals surface area contributed by atoms with Crippen molar-refractivity contribution in [3.8, 4) is 17.1 Å². The summed E-state index contributed by atoms with van der Waals surface area (Å²) in [5, 5.41) is 18.3. The van der Waals surface area contributed by atoms with Crippen LogP contribution in [0.25, 0.3) is 22.3 Å². The van der Waals surface area contributed by atoms with Gasteiger partial charge < -0.3 is 15.0 Å². The average molecular weight is 432 g/mol. The summed E-state index contributed by atoms with van der Waals surface area (Å²) >= 11 is 0. The highest BCUT2D eigenvalue weighted by Crippen LogP contribution is 2.23. The number of rotatable bonds is 8. The zero-order chi connectivity index (χ0) is 21.9. The lowest BCUT2D eigenvalue weighted by Crippen LogP contribution is -2.18. The molecule has 0 bridgehead atoms. The Morgan fingerprint density at radius 2 is 2.09 bits per heavy atom. The van der Waals surface area contributed by atoms with E-state index < -0.39 is 0 Å². The van der Waals surface area contributed by atoms with Crippen molar-refractivity contribution < 1.29 is 9.53 Å². The molecule has 164 valence electrons. The predicted octanol–water partition coefficient (Wildman–Crippen LogP) is 3.38. The quantitative estimate of drug-likeness (QED) is 0.392. The minimum absolute atomic E-state index is 0.108. The molecule has 1 fully saturated rings. The third kappa shape index (κ3) is 4.62. The summed E-state index contributed by atoms with van der Waals surface area (Å²) in [5.74, 6) is 2.39. The molecule has 4 aromatic rings. The fourth-order valence-electron chi connectivity index (χ4n) is 4.04. The van der Waals surface area contributed by atoms with Gasteiger partial charge in [-0.2, -0.15) is 10.1 Å². The van der Waals surface area contributed by atoms with Gasteiger partial charge in [-0.15, -0.1) is 5.10 Å². The van der Waals surface area contributed by atoms with Gasteiger partial charge in [-0.3, -0.25) is 15.0 Å². The number of fused-ring (bicyclic) bond motifs is 1. The number of anilines is 2. The Labute approximate surface area is 185 Å². The molecule has 2 aromatic heterocycles. The molecule has 9 nitrogen and oxygen atoms in total. The average Bonchev–Trinajstić information content (AvgIpc) is 3.54. The highest BCUT2D eigenvalue weighted by molar-refractivity contribution is 5.82. The van der Waals surface area contributed by atoms with E-state index in [1.165, 1.54) is 0 Å². The van der Waals surface area contributed by atoms with Crippen molar-refractivity contribution in [2.45, 2.75) is 12.8 Å². The molecule has 0 saturated carbocycles. The first-order chi connectivity index (χ1) is 15.6. The van der Waals surface area contributed by atoms with Gasteiger partial charge in [0.25, 0.3) is 0 Å². The standard InChI is InChI=1S/C23H25N7O2/c1-30-9-8-15(13-30)10-19(31)14-32-20-5-2-16(3-6-20)22-26-23(29-28-22)25-18-4-7-21-17(11-18)12-24-27-21/h2-7,11-12,15H,8-10,13-14H2,1H3,(H,24,27)(H2,25,26,28,29). The van der Waals surface area contributed by atoms with Crippen molar-refractivity contribution in [1.82, 2.24) is 30.3 Å². The van der Waals surface area contributed by atoms with Gasteiger partial charge in [0.15, 0.2) is 11.6 Å². The molecule has 5 rings (SSSR count). The Hall–Kier alpha value is -3.72. The number of likely N-dealkylation sites (tertiary alicyclic amines) is 1. The zero-order valence-electron chi connectivity index (χ0n) is 17.8. The molecular weight excluding hydrogens is 406 g/mol. The van der Waals surface area contributed by atoms with Crippen molar-refractivity contribution in [2.75, 3.05) is 32.1 Å². The number of nitrogens with one attached hydrogen (secondary N) is 3. The Bertz CT molecular complexity index is 1210. The van der Waals surface area contributed by atoms with E-state index in [1.807, 2.05) is 42.5 Å². The number of Topliss-reactive ketones (excluding diaryl/α,β-unsaturated/α-hetero) is 1. The number of ether oxygens (including phenoxy) is 1. The number of carbonyl (C=O) groups excluding carboxylic acids is 1. The van der Waals surface area contributed by atoms with Crippen LogP contribution in [-0.2, 0) is 4.79 Å². The largest absolute Gasteiger partial charge is 0.486 e. The van der Waals surface area contributed by atoms with Crippen molar-refractivity contribution in [2.24, 2.45) is 5.92 Å². The van der Waals surface area contributed by atoms with Crippen LogP contribution in [0.15, 0.2) is 48.7 Å². The van der Waals surface area contributed by atoms with Crippen LogP contribution in [0.1, 0.15) is 12.8 Å². The number of aromatic amines is 2. The maximum Gasteiger partial charge on any atom is 0.246 e. The van der Waals surface area contributed by atoms with Crippen LogP contribution in [-0.4, -0.2) is 62.8 Å². The summed E-state index contributed by atoms with van der Waals surface area (Å²) < 4.78 is 5.68. The smallest absolute Gasteiger partial charge is 0.246 e. The molecule has 1 atom stereocenters. The molecule has 1 unspecified atom stereocenters. The van der Waals surface area contributed by atoms with Gasteiger partial charge in [0.2, 0.25) is 5.95 Å². The maximum atomic E-state index is 12.2. The molecular formula is C23H25N7O2. The van der Waals surface area contributed by atoms with E-state index in [2.05, 4.69) is 42.6 Å². The Kier molecular flexibility index (Phi) is 5.55. The summed E-state index contributed by atoms with van der Waals surface area (Å²) in [6, 6.07) is 13.3. The molecule has 1 saturated heterocycles. The lowest BCUT2D eigenvalue weighted by molar-refractivity contribution is -0.121. The molecule has 3 N–H and O–H groups in total. The van der Waals surface area contributed by atoms with Gasteiger partial charge >= 0.3 is 0 Å². The summed E-state index contributed by atoms with van der Waals surface area (Å²) in [4.78, 5) is 19.0. The maximum absolute atomic E-state index is 12.2. The molecule has 0 amide bonds. The van der Waals surface area contributed by atoms with Crippen LogP contribution in [0.5, 0.6) is 5.75 Å². The van der Waals surface area contributed by atoms with E-state index in [9.17, 15) is 4.79 Å². The highest BCUT2D eigenvalue weighted by Gasteiger charge is 2.22. The van der Waals surface area contributed by atoms with Crippen LogP contribution in [0.2, 0.25) is 0 Å². The Morgan fingerprint density at radius 1 is 1.22 bits per heavy atom. The van der Waals surface area contributed by atoms with Crippen LogP contribution < -0.4 is 10.1 Å². The summed E-state index contributed by atoms with van der Waals surface area (Å²) in [7, 11) is 2.09. The topological polar surface area (TPSA) is 112 Å². The van der Waals surface area contributed by atoms with Gasteiger partial charge in [0.05, 0.1) is 11.7 Å². The molecule has 0 spiro atoms. The molecule has 0 aliphatic carbocycles. The Morgan fingerprint density at radius 3 is 2.91 bits per heavy atom. The molecule has 2 aromatic carbocycles. The number of H-pyrrole nitrogens is 2. The zero-order valence-corrected chi connectivity index (χ0v) is 17.8. The number of carbonyl (C=O) groups is 1. The first kappa shape index (κ1) is 20.2. The van der Waals surface area contributed by atoms with Gasteiger partial charge in [-0.25, -0.2) is 0 Å². The number of hydrogen-bond acceptors (Lipinski definition) is 7. The first-order valence-electron chi connectivity index (χ1n) is 10.7. The monoisotopic (exact) mass is 431 g/mol. The lowest BCUT2D eigenvalue weighted by Gasteiger charge is -2.10. The van der Waals surface area contributed by atoms with Crippen LogP contribution in [0.3, 0.4) is 0 Å². The normalized spacial score (nSPS) is 16.5. The number of benzene rings is 2. The van der Waals surface area contributed by atoms with E-state index in [0.717, 1.165) is 41.7 Å². The minimum Gasteiger partial charge on any atom is -0.486 e. The molecule has 0 radical (unpaired) electrons. The fraction of sp³-hybridized carbons (Fsp3) is 0.304. The second-order valence-electron chi connectivity index (χ2n) is 8.28. The van der Waals surface area contributed by atoms with Crippen LogP contribution >= 0.6 is 0 Å². The van der Waals surface area contributed by atoms with E-state index in [4.69, 9.17) is 4.74 Å². The molecule has 1 aliphatic rings. The van der Waals surface area contributed by atoms with Gasteiger partial charge in [-0.1, -0.05) is 0 Å². The summed E-state index contributed by atoms with van der Waals surface area (Å²) in [5.41, 5.74) is 2.73. The number of nitrogens with zero attached hydrogens (tertiary/aromatic N) is 4. The third-order valence-corrected chi connectivity index (χ3v) is 5.71. The van der Waals surface area contributed by atoms with Gasteiger partial charge in [-0.05, 0) is 68.4 Å². The second-order valence-corrected chi connectivity index (χ2v) is 8.28. The molecule has 9 heteroatoms. The molecule has 32 heavy (non-hydrogen) atoms. The van der Waals surface area contributed by atoms with E-state index in [1.54, 1.807) is 6.20 Å². The van der Waals surface area contributed by atoms with Crippen molar-refractivity contribution in [3.05, 3.63) is 48.7 Å². The van der Waals surface area contributed by atoms with Gasteiger partial charge in [0, 0.05) is 29.6 Å². The number of aromatic nitrogens is 5. The minimum atomic E-state index is 0.108. The van der Waals surface area contributed by atoms with Gasteiger partial charge in [0.1, 0.15) is 12.4 Å². The van der Waals surface area contributed by atoms with Crippen LogP contribution in [0, 0.1) is 5.92 Å². The number of ketones is 1. The molecule has 3 heterocycles. The predicted molar refractivity (Wildman–Crippen MR) is 122 cm³/mol. The lowest BCUT2D eigenvalue weighted by atomic mass is 10.0. The first-order valence-corrected chi connectivity index (χ1v) is 10.7. The van der Waals surface area contributed by atoms with Crippen molar-refractivity contribution >= 4 is 28.3 Å². The number of hydrogen-bond donors (Lipinski definition) is 3. The SMILES string of the molecule is CN1CCC(CC(=O)COc2ccc(-c3nc(Nc4ccc5[nH]ncc5c4)n[nH]3)cc2)C1. The summed E-state index contributed by atoms with van der Waals surface area (Å²) in [6.07, 6.45) is 3.45. The second kappa shape index (κ2) is 8.80. The van der Waals surface area contributed by atoms with E-state index in [-0.39, 0.29) is 12.4 Å². The Balaban J connectivity index is 1.16. The highest BCUT2D eigenvalue weighted by atomic mass is 16.5. The molecule has 1 aliphatic heterocycles. The van der Waals surface area contributed by atoms with Crippen LogP contribution in [0.4, 0.5) is 11.6 Å².